The molecule has 0 saturated carbocycles. The summed E-state index contributed by atoms with van der Waals surface area (Å²) in [6.07, 6.45) is 1.62. The van der Waals surface area contributed by atoms with E-state index in [0.29, 0.717) is 5.69 Å². The average molecular weight is 204 g/mol. The lowest BCUT2D eigenvalue weighted by Crippen LogP contribution is -2.26. The number of carboxylic acids is 1. The molecule has 6 nitrogen and oxygen atoms in total. The van der Waals surface area contributed by atoms with Crippen molar-refractivity contribution in [2.24, 2.45) is 10.7 Å². The standard InChI is InChI=1S/C9H8N4O2/c10-5-12-9(11)13-7-3-1-6(2-4-7)8(14)15/h1-4H,(H,14,15)(H3,11,12,13). The highest BCUT2D eigenvalue weighted by Gasteiger charge is 2.00. The maximum absolute atomic E-state index is 10.5. The third kappa shape index (κ3) is 3.00. The topological polar surface area (TPSA) is 112 Å². The molecule has 0 bridgehead atoms. The zero-order chi connectivity index (χ0) is 11.3. The van der Waals surface area contributed by atoms with Gasteiger partial charge in [0.25, 0.3) is 0 Å². The number of nitriles is 1. The summed E-state index contributed by atoms with van der Waals surface area (Å²) in [6, 6.07) is 5.80. The van der Waals surface area contributed by atoms with E-state index in [0.717, 1.165) is 0 Å². The van der Waals surface area contributed by atoms with Crippen molar-refractivity contribution in [1.29, 1.82) is 5.26 Å². The highest BCUT2D eigenvalue weighted by molar-refractivity contribution is 5.88. The number of nitrogens with two attached hydrogens (primary N) is 1. The summed E-state index contributed by atoms with van der Waals surface area (Å²) < 4.78 is 0. The summed E-state index contributed by atoms with van der Waals surface area (Å²) in [7, 11) is 0. The van der Waals surface area contributed by atoms with Gasteiger partial charge in [0.2, 0.25) is 5.96 Å². The smallest absolute Gasteiger partial charge is 0.335 e. The fourth-order valence-corrected chi connectivity index (χ4v) is 0.903. The number of aromatic carboxylic acids is 1. The normalized spacial score (nSPS) is 10.5. The van der Waals surface area contributed by atoms with Gasteiger partial charge in [0, 0.05) is 0 Å². The first kappa shape index (κ1) is 10.5. The Morgan fingerprint density at radius 1 is 1.47 bits per heavy atom. The number of hydrogen-bond donors (Lipinski definition) is 3. The first-order chi connectivity index (χ1) is 7.13. The van der Waals surface area contributed by atoms with E-state index in [1.165, 1.54) is 24.3 Å². The fraction of sp³-hybridized carbons (Fsp3) is 0. The molecular weight excluding hydrogens is 196 g/mol. The maximum atomic E-state index is 10.5. The fourth-order valence-electron chi connectivity index (χ4n) is 0.903. The molecule has 0 fully saturated rings. The Bertz CT molecular complexity index is 430. The van der Waals surface area contributed by atoms with Crippen LogP contribution in [0.4, 0.5) is 5.69 Å². The molecule has 1 aromatic rings. The van der Waals surface area contributed by atoms with Crippen molar-refractivity contribution in [3.05, 3.63) is 29.8 Å². The molecule has 1 rings (SSSR count). The van der Waals surface area contributed by atoms with E-state index in [1.807, 2.05) is 0 Å². The SMILES string of the molecule is N#CNC(N)=Nc1ccc(C(=O)O)cc1. The first-order valence-electron chi connectivity index (χ1n) is 3.96. The van der Waals surface area contributed by atoms with Crippen LogP contribution in [0.3, 0.4) is 0 Å². The summed E-state index contributed by atoms with van der Waals surface area (Å²) in [6.45, 7) is 0. The zero-order valence-corrected chi connectivity index (χ0v) is 7.64. The Hall–Kier alpha value is -2.55. The lowest BCUT2D eigenvalue weighted by Gasteiger charge is -1.97. The van der Waals surface area contributed by atoms with Crippen LogP contribution < -0.4 is 11.1 Å². The molecular formula is C9H8N4O2. The molecule has 0 spiro atoms. The van der Waals surface area contributed by atoms with Gasteiger partial charge in [-0.3, -0.25) is 5.32 Å². The first-order valence-corrected chi connectivity index (χ1v) is 3.96. The van der Waals surface area contributed by atoms with Crippen molar-refractivity contribution in [2.45, 2.75) is 0 Å². The number of carbonyl (C=O) groups is 1. The van der Waals surface area contributed by atoms with Crippen molar-refractivity contribution < 1.29 is 9.90 Å². The van der Waals surface area contributed by atoms with E-state index >= 15 is 0 Å². The summed E-state index contributed by atoms with van der Waals surface area (Å²) >= 11 is 0. The van der Waals surface area contributed by atoms with E-state index in [4.69, 9.17) is 16.1 Å². The Balaban J connectivity index is 2.86. The third-order valence-corrected chi connectivity index (χ3v) is 1.55. The van der Waals surface area contributed by atoms with Gasteiger partial charge in [-0.1, -0.05) is 0 Å². The molecule has 0 radical (unpaired) electrons. The Kier molecular flexibility index (Phi) is 3.24. The van der Waals surface area contributed by atoms with Crippen molar-refractivity contribution >= 4 is 17.6 Å². The van der Waals surface area contributed by atoms with Gasteiger partial charge in [-0.25, -0.2) is 9.79 Å². The molecule has 0 aromatic heterocycles. The van der Waals surface area contributed by atoms with Crippen LogP contribution in [0.25, 0.3) is 0 Å². The van der Waals surface area contributed by atoms with Gasteiger partial charge in [0.1, 0.15) is 0 Å². The molecule has 0 aliphatic rings. The molecule has 0 amide bonds. The van der Waals surface area contributed by atoms with Crippen molar-refractivity contribution in [3.8, 4) is 6.19 Å². The minimum absolute atomic E-state index is 0.0411. The maximum Gasteiger partial charge on any atom is 0.335 e. The second-order valence-electron chi connectivity index (χ2n) is 2.59. The number of nitrogens with one attached hydrogen (secondary N) is 1. The largest absolute Gasteiger partial charge is 0.478 e. The van der Waals surface area contributed by atoms with Crippen LogP contribution >= 0.6 is 0 Å². The highest BCUT2D eigenvalue weighted by atomic mass is 16.4. The van der Waals surface area contributed by atoms with E-state index in [-0.39, 0.29) is 11.5 Å². The van der Waals surface area contributed by atoms with E-state index in [1.54, 1.807) is 6.19 Å². The predicted octanol–water partition coefficient (Wildman–Crippen LogP) is 0.402. The summed E-state index contributed by atoms with van der Waals surface area (Å²) in [5.41, 5.74) is 5.95. The average Bonchev–Trinajstić information content (AvgIpc) is 2.18. The molecule has 0 saturated heterocycles. The van der Waals surface area contributed by atoms with Gasteiger partial charge in [-0.2, -0.15) is 5.26 Å². The second-order valence-corrected chi connectivity index (χ2v) is 2.59. The number of guanidine groups is 1. The van der Waals surface area contributed by atoms with Crippen LogP contribution in [0.5, 0.6) is 0 Å². The minimum Gasteiger partial charge on any atom is -0.478 e. The molecule has 0 heterocycles. The Morgan fingerprint density at radius 3 is 2.53 bits per heavy atom. The van der Waals surface area contributed by atoms with E-state index in [2.05, 4.69) is 10.3 Å². The molecule has 76 valence electrons. The second kappa shape index (κ2) is 4.62. The lowest BCUT2D eigenvalue weighted by molar-refractivity contribution is 0.0697. The molecule has 0 aliphatic heterocycles. The lowest BCUT2D eigenvalue weighted by atomic mass is 10.2. The third-order valence-electron chi connectivity index (χ3n) is 1.55. The van der Waals surface area contributed by atoms with Gasteiger partial charge in [-0.05, 0) is 24.3 Å². The summed E-state index contributed by atoms with van der Waals surface area (Å²) in [4.78, 5) is 14.3. The number of carboxylic acid groups (broad SMARTS) is 1. The van der Waals surface area contributed by atoms with Gasteiger partial charge < -0.3 is 10.8 Å². The number of benzene rings is 1. The van der Waals surface area contributed by atoms with Gasteiger partial charge in [0.15, 0.2) is 6.19 Å². The van der Waals surface area contributed by atoms with Crippen LogP contribution in [0.15, 0.2) is 29.3 Å². The number of rotatable bonds is 2. The van der Waals surface area contributed by atoms with Crippen LogP contribution in [0.1, 0.15) is 10.4 Å². The summed E-state index contributed by atoms with van der Waals surface area (Å²) in [5.74, 6) is -1.05. The highest BCUT2D eigenvalue weighted by Crippen LogP contribution is 2.12. The molecule has 6 heteroatoms. The van der Waals surface area contributed by atoms with E-state index < -0.39 is 5.97 Å². The molecule has 4 N–H and O–H groups in total. The van der Waals surface area contributed by atoms with Crippen molar-refractivity contribution in [2.75, 3.05) is 0 Å². The molecule has 15 heavy (non-hydrogen) atoms. The van der Waals surface area contributed by atoms with E-state index in [9.17, 15) is 4.79 Å². The number of hydrogen-bond acceptors (Lipinski definition) is 3. The van der Waals surface area contributed by atoms with Gasteiger partial charge in [0.05, 0.1) is 11.3 Å². The Morgan fingerprint density at radius 2 is 2.07 bits per heavy atom. The molecule has 0 unspecified atom stereocenters. The minimum atomic E-state index is -1.01. The number of aliphatic imine (C=N–C) groups is 1. The van der Waals surface area contributed by atoms with Crippen LogP contribution in [-0.4, -0.2) is 17.0 Å². The van der Waals surface area contributed by atoms with Crippen LogP contribution in [0.2, 0.25) is 0 Å². The molecule has 0 aliphatic carbocycles. The number of nitrogens with zero attached hydrogens (tertiary/aromatic N) is 2. The molecule has 0 atom stereocenters. The van der Waals surface area contributed by atoms with Crippen molar-refractivity contribution in [1.82, 2.24) is 5.32 Å². The quantitative estimate of drug-likeness (QED) is 0.279. The zero-order valence-electron chi connectivity index (χ0n) is 7.64. The van der Waals surface area contributed by atoms with Crippen molar-refractivity contribution in [3.63, 3.8) is 0 Å². The van der Waals surface area contributed by atoms with Gasteiger partial charge in [-0.15, -0.1) is 0 Å². The molecule has 1 aromatic carbocycles. The monoisotopic (exact) mass is 204 g/mol. The summed E-state index contributed by atoms with van der Waals surface area (Å²) in [5, 5.41) is 19.0. The van der Waals surface area contributed by atoms with Crippen LogP contribution in [0, 0.1) is 11.5 Å². The van der Waals surface area contributed by atoms with Gasteiger partial charge >= 0.3 is 5.97 Å². The predicted molar refractivity (Wildman–Crippen MR) is 53.4 cm³/mol. The van der Waals surface area contributed by atoms with Crippen LogP contribution in [-0.2, 0) is 0 Å². The Labute approximate surface area is 85.7 Å².